The zero-order valence-electron chi connectivity index (χ0n) is 10.3. The molecule has 1 aromatic rings. The Hall–Kier alpha value is -1.55. The number of hydrogen-bond donors (Lipinski definition) is 3. The van der Waals surface area contributed by atoms with Gasteiger partial charge in [-0.1, -0.05) is 24.6 Å². The van der Waals surface area contributed by atoms with Crippen molar-refractivity contribution >= 4 is 5.91 Å². The lowest BCUT2D eigenvalue weighted by Gasteiger charge is -2.19. The zero-order valence-corrected chi connectivity index (χ0v) is 10.3. The van der Waals surface area contributed by atoms with E-state index in [1.165, 1.54) is 0 Å². The number of carbonyl (C=O) groups is 1. The Morgan fingerprint density at radius 1 is 1.33 bits per heavy atom. The highest BCUT2D eigenvalue weighted by Crippen LogP contribution is 2.25. The fourth-order valence-corrected chi connectivity index (χ4v) is 2.54. The lowest BCUT2D eigenvalue weighted by atomic mass is 10.0. The second kappa shape index (κ2) is 5.87. The number of rotatable bonds is 4. The molecule has 0 heterocycles. The molecule has 1 amide bonds. The lowest BCUT2D eigenvalue weighted by molar-refractivity contribution is -0.121. The zero-order chi connectivity index (χ0) is 13.0. The monoisotopic (exact) mass is 249 g/mol. The summed E-state index contributed by atoms with van der Waals surface area (Å²) in [5.41, 5.74) is 0.633. The molecule has 0 aromatic heterocycles. The maximum Gasteiger partial charge on any atom is 0.224 e. The first-order valence-corrected chi connectivity index (χ1v) is 6.38. The summed E-state index contributed by atoms with van der Waals surface area (Å²) < 4.78 is 0. The maximum atomic E-state index is 11.9. The van der Waals surface area contributed by atoms with Crippen LogP contribution < -0.4 is 5.32 Å². The largest absolute Gasteiger partial charge is 0.508 e. The molecule has 1 aromatic carbocycles. The van der Waals surface area contributed by atoms with Crippen molar-refractivity contribution < 1.29 is 15.0 Å². The third kappa shape index (κ3) is 3.01. The molecule has 1 aliphatic rings. The first kappa shape index (κ1) is 12.9. The van der Waals surface area contributed by atoms with Crippen molar-refractivity contribution in [2.45, 2.75) is 31.7 Å². The smallest absolute Gasteiger partial charge is 0.224 e. The number of hydrogen-bond acceptors (Lipinski definition) is 3. The first-order valence-electron chi connectivity index (χ1n) is 6.38. The van der Waals surface area contributed by atoms with E-state index >= 15 is 0 Å². The van der Waals surface area contributed by atoms with Gasteiger partial charge >= 0.3 is 0 Å². The van der Waals surface area contributed by atoms with Crippen LogP contribution in [-0.4, -0.2) is 28.8 Å². The van der Waals surface area contributed by atoms with Crippen molar-refractivity contribution in [1.82, 2.24) is 5.32 Å². The number of carbonyl (C=O) groups excluding carboxylic acids is 1. The summed E-state index contributed by atoms with van der Waals surface area (Å²) in [4.78, 5) is 11.9. The van der Waals surface area contributed by atoms with Crippen molar-refractivity contribution in [2.24, 2.45) is 5.92 Å². The van der Waals surface area contributed by atoms with Crippen LogP contribution in [0.25, 0.3) is 0 Å². The van der Waals surface area contributed by atoms with E-state index in [0.29, 0.717) is 5.56 Å². The van der Waals surface area contributed by atoms with Gasteiger partial charge < -0.3 is 15.5 Å². The number of nitrogens with one attached hydrogen (secondary N) is 1. The Morgan fingerprint density at radius 2 is 2.11 bits per heavy atom. The Kier molecular flexibility index (Phi) is 4.20. The molecule has 18 heavy (non-hydrogen) atoms. The van der Waals surface area contributed by atoms with Crippen molar-refractivity contribution in [2.75, 3.05) is 6.61 Å². The molecule has 0 radical (unpaired) electrons. The molecule has 3 N–H and O–H groups in total. The van der Waals surface area contributed by atoms with Gasteiger partial charge in [-0.3, -0.25) is 4.79 Å². The Labute approximate surface area is 107 Å². The second-order valence-corrected chi connectivity index (χ2v) is 4.85. The summed E-state index contributed by atoms with van der Waals surface area (Å²) >= 11 is 0. The van der Waals surface area contributed by atoms with Gasteiger partial charge in [0.2, 0.25) is 5.91 Å². The molecule has 1 saturated carbocycles. The predicted molar refractivity (Wildman–Crippen MR) is 68.2 cm³/mol. The van der Waals surface area contributed by atoms with Crippen LogP contribution in [0.4, 0.5) is 0 Å². The summed E-state index contributed by atoms with van der Waals surface area (Å²) in [5.74, 6) is 0.234. The molecule has 2 rings (SSSR count). The topological polar surface area (TPSA) is 69.6 Å². The van der Waals surface area contributed by atoms with Crippen LogP contribution >= 0.6 is 0 Å². The van der Waals surface area contributed by atoms with Gasteiger partial charge in [0.05, 0.1) is 6.42 Å². The molecule has 0 aliphatic heterocycles. The Morgan fingerprint density at radius 3 is 2.83 bits per heavy atom. The molecule has 1 fully saturated rings. The lowest BCUT2D eigenvalue weighted by Crippen LogP contribution is -2.39. The van der Waals surface area contributed by atoms with Gasteiger partial charge in [0, 0.05) is 24.1 Å². The molecular formula is C14H19NO3. The summed E-state index contributed by atoms with van der Waals surface area (Å²) in [5, 5.41) is 21.7. The second-order valence-electron chi connectivity index (χ2n) is 4.85. The molecule has 0 spiro atoms. The van der Waals surface area contributed by atoms with E-state index in [1.54, 1.807) is 24.3 Å². The minimum absolute atomic E-state index is 0.0772. The normalized spacial score (nSPS) is 22.9. The Balaban J connectivity index is 1.91. The van der Waals surface area contributed by atoms with E-state index in [0.717, 1.165) is 19.3 Å². The number of phenolic OH excluding ortho intramolecular Hbond substituents is 1. The van der Waals surface area contributed by atoms with E-state index in [-0.39, 0.29) is 36.6 Å². The molecule has 2 unspecified atom stereocenters. The summed E-state index contributed by atoms with van der Waals surface area (Å²) in [6, 6.07) is 6.93. The van der Waals surface area contributed by atoms with Crippen LogP contribution in [-0.2, 0) is 11.2 Å². The van der Waals surface area contributed by atoms with Crippen LogP contribution in [0, 0.1) is 5.92 Å². The highest BCUT2D eigenvalue weighted by molar-refractivity contribution is 5.79. The molecule has 2 atom stereocenters. The van der Waals surface area contributed by atoms with Gasteiger partial charge in [-0.25, -0.2) is 0 Å². The van der Waals surface area contributed by atoms with E-state index in [2.05, 4.69) is 5.32 Å². The summed E-state index contributed by atoms with van der Waals surface area (Å²) in [7, 11) is 0. The standard InChI is InChI=1S/C14H19NO3/c16-9-11-5-3-6-12(11)15-14(18)8-10-4-1-2-7-13(10)17/h1-2,4,7,11-12,16-17H,3,5-6,8-9H2,(H,15,18). The molecule has 0 saturated heterocycles. The SMILES string of the molecule is O=C(Cc1ccccc1O)NC1CCCC1CO. The summed E-state index contributed by atoms with van der Waals surface area (Å²) in [6.45, 7) is 0.127. The van der Waals surface area contributed by atoms with E-state index in [4.69, 9.17) is 0 Å². The number of phenols is 1. The minimum atomic E-state index is -0.0955. The molecule has 98 valence electrons. The quantitative estimate of drug-likeness (QED) is 0.751. The van der Waals surface area contributed by atoms with E-state index < -0.39 is 0 Å². The molecule has 0 bridgehead atoms. The van der Waals surface area contributed by atoms with Crippen LogP contribution in [0.5, 0.6) is 5.75 Å². The van der Waals surface area contributed by atoms with E-state index in [9.17, 15) is 15.0 Å². The van der Waals surface area contributed by atoms with Crippen molar-refractivity contribution in [1.29, 1.82) is 0 Å². The predicted octanol–water partition coefficient (Wildman–Crippen LogP) is 1.21. The van der Waals surface area contributed by atoms with Gasteiger partial charge in [-0.2, -0.15) is 0 Å². The number of aliphatic hydroxyl groups excluding tert-OH is 1. The van der Waals surface area contributed by atoms with Gasteiger partial charge in [0.15, 0.2) is 0 Å². The molecular weight excluding hydrogens is 230 g/mol. The first-order chi connectivity index (χ1) is 8.70. The highest BCUT2D eigenvalue weighted by Gasteiger charge is 2.27. The average Bonchev–Trinajstić information content (AvgIpc) is 2.79. The number of aromatic hydroxyl groups is 1. The van der Waals surface area contributed by atoms with Crippen LogP contribution in [0.15, 0.2) is 24.3 Å². The van der Waals surface area contributed by atoms with Gasteiger partial charge in [0.1, 0.15) is 5.75 Å². The number of amides is 1. The number of para-hydroxylation sites is 1. The molecule has 4 nitrogen and oxygen atoms in total. The third-order valence-electron chi connectivity index (χ3n) is 3.58. The maximum absolute atomic E-state index is 11.9. The number of benzene rings is 1. The van der Waals surface area contributed by atoms with Gasteiger partial charge in [0.25, 0.3) is 0 Å². The highest BCUT2D eigenvalue weighted by atomic mass is 16.3. The fraction of sp³-hybridized carbons (Fsp3) is 0.500. The van der Waals surface area contributed by atoms with Crippen molar-refractivity contribution in [3.63, 3.8) is 0 Å². The van der Waals surface area contributed by atoms with Crippen molar-refractivity contribution in [3.05, 3.63) is 29.8 Å². The van der Waals surface area contributed by atoms with Crippen LogP contribution in [0.3, 0.4) is 0 Å². The fourth-order valence-electron chi connectivity index (χ4n) is 2.54. The average molecular weight is 249 g/mol. The third-order valence-corrected chi connectivity index (χ3v) is 3.58. The Bertz CT molecular complexity index is 419. The molecule has 1 aliphatic carbocycles. The molecule has 4 heteroatoms. The van der Waals surface area contributed by atoms with Gasteiger partial charge in [-0.05, 0) is 18.9 Å². The van der Waals surface area contributed by atoms with E-state index in [1.807, 2.05) is 0 Å². The van der Waals surface area contributed by atoms with Crippen molar-refractivity contribution in [3.8, 4) is 5.75 Å². The van der Waals surface area contributed by atoms with Crippen LogP contribution in [0.2, 0.25) is 0 Å². The number of aliphatic hydroxyl groups is 1. The van der Waals surface area contributed by atoms with Crippen LogP contribution in [0.1, 0.15) is 24.8 Å². The summed E-state index contributed by atoms with van der Waals surface area (Å²) in [6.07, 6.45) is 3.13. The minimum Gasteiger partial charge on any atom is -0.508 e. The van der Waals surface area contributed by atoms with Gasteiger partial charge in [-0.15, -0.1) is 0 Å².